The van der Waals surface area contributed by atoms with Gasteiger partial charge in [-0.2, -0.15) is 26.3 Å². The molecule has 0 aliphatic heterocycles. The van der Waals surface area contributed by atoms with Crippen molar-refractivity contribution in [2.45, 2.75) is 18.8 Å². The Kier molecular flexibility index (Phi) is 6.10. The molecule has 2 aromatic rings. The first-order valence-electron chi connectivity index (χ1n) is 7.74. The number of ether oxygens (including phenoxy) is 2. The van der Waals surface area contributed by atoms with Crippen LogP contribution in [0, 0.1) is 0 Å². The smallest absolute Gasteiger partial charge is 0.416 e. The van der Waals surface area contributed by atoms with Crippen LogP contribution in [0.5, 0.6) is 11.5 Å². The molecular weight excluding hydrogens is 392 g/mol. The van der Waals surface area contributed by atoms with Crippen molar-refractivity contribution in [3.63, 3.8) is 0 Å². The van der Waals surface area contributed by atoms with E-state index in [-0.39, 0.29) is 12.5 Å². The molecule has 0 bridgehead atoms. The monoisotopic (exact) mass is 407 g/mol. The number of hydrogen-bond acceptors (Lipinski definition) is 3. The van der Waals surface area contributed by atoms with Crippen molar-refractivity contribution in [2.75, 3.05) is 19.5 Å². The third-order valence-electron chi connectivity index (χ3n) is 3.68. The molecule has 0 aliphatic carbocycles. The molecule has 2 rings (SSSR count). The predicted octanol–water partition coefficient (Wildman–Crippen LogP) is 4.92. The topological polar surface area (TPSA) is 47.6 Å². The fourth-order valence-electron chi connectivity index (χ4n) is 2.41. The number of rotatable bonds is 5. The number of carbonyl (C=O) groups is 1. The Balaban J connectivity index is 2.26. The highest BCUT2D eigenvalue weighted by atomic mass is 19.4. The lowest BCUT2D eigenvalue weighted by Gasteiger charge is -2.15. The molecule has 2 aromatic carbocycles. The van der Waals surface area contributed by atoms with Crippen molar-refractivity contribution in [1.29, 1.82) is 0 Å². The van der Waals surface area contributed by atoms with Gasteiger partial charge in [-0.25, -0.2) is 0 Å². The van der Waals surface area contributed by atoms with E-state index >= 15 is 0 Å². The number of amides is 1. The molecule has 1 amide bonds. The van der Waals surface area contributed by atoms with Gasteiger partial charge in [0.15, 0.2) is 11.5 Å². The number of methoxy groups -OCH3 is 2. The molecule has 0 heterocycles. The summed E-state index contributed by atoms with van der Waals surface area (Å²) in [5, 5.41) is 2.07. The van der Waals surface area contributed by atoms with E-state index in [0.717, 1.165) is 0 Å². The molecule has 0 aromatic heterocycles. The largest absolute Gasteiger partial charge is 0.493 e. The number of anilines is 1. The zero-order valence-electron chi connectivity index (χ0n) is 14.7. The van der Waals surface area contributed by atoms with E-state index in [9.17, 15) is 31.1 Å². The maximum atomic E-state index is 12.9. The number of hydrogen-bond donors (Lipinski definition) is 1. The molecule has 0 saturated carbocycles. The van der Waals surface area contributed by atoms with Crippen LogP contribution in [0.15, 0.2) is 36.4 Å². The lowest BCUT2D eigenvalue weighted by atomic mass is 10.1. The summed E-state index contributed by atoms with van der Waals surface area (Å²) in [6.07, 6.45) is -10.3. The summed E-state index contributed by atoms with van der Waals surface area (Å²) in [6.45, 7) is 0. The molecular formula is C18H15F6NO3. The Hall–Kier alpha value is -2.91. The first kappa shape index (κ1) is 21.4. The third-order valence-corrected chi connectivity index (χ3v) is 3.68. The van der Waals surface area contributed by atoms with Crippen molar-refractivity contribution in [1.82, 2.24) is 0 Å². The van der Waals surface area contributed by atoms with Gasteiger partial charge in [-0.3, -0.25) is 4.79 Å². The van der Waals surface area contributed by atoms with Gasteiger partial charge in [0.25, 0.3) is 0 Å². The van der Waals surface area contributed by atoms with Gasteiger partial charge in [0.1, 0.15) is 0 Å². The van der Waals surface area contributed by atoms with Gasteiger partial charge in [0.2, 0.25) is 5.91 Å². The first-order valence-corrected chi connectivity index (χ1v) is 7.74. The molecule has 1 N–H and O–H groups in total. The molecule has 0 saturated heterocycles. The molecule has 0 spiro atoms. The van der Waals surface area contributed by atoms with E-state index in [1.165, 1.54) is 32.4 Å². The highest BCUT2D eigenvalue weighted by molar-refractivity contribution is 5.92. The molecule has 0 atom stereocenters. The first-order chi connectivity index (χ1) is 12.9. The fraction of sp³-hybridized carbons (Fsp3) is 0.278. The van der Waals surface area contributed by atoms with E-state index in [1.807, 2.05) is 0 Å². The Morgan fingerprint density at radius 2 is 1.39 bits per heavy atom. The predicted molar refractivity (Wildman–Crippen MR) is 88.3 cm³/mol. The van der Waals surface area contributed by atoms with E-state index in [0.29, 0.717) is 29.2 Å². The van der Waals surface area contributed by atoms with Crippen LogP contribution >= 0.6 is 0 Å². The standard InChI is InChI=1S/C18H15F6NO3/c1-27-14-4-3-10(5-15(14)28-2)6-16(26)25-13-8-11(17(19,20)21)7-12(9-13)18(22,23)24/h3-5,7-9H,6H2,1-2H3,(H,25,26). The maximum absolute atomic E-state index is 12.9. The van der Waals surface area contributed by atoms with Crippen molar-refractivity contribution in [3.8, 4) is 11.5 Å². The van der Waals surface area contributed by atoms with Gasteiger partial charge < -0.3 is 14.8 Å². The Bertz CT molecular complexity index is 829. The minimum absolute atomic E-state index is 0.00993. The van der Waals surface area contributed by atoms with Crippen LogP contribution in [0.2, 0.25) is 0 Å². The Morgan fingerprint density at radius 1 is 0.857 bits per heavy atom. The second kappa shape index (κ2) is 7.99. The van der Waals surface area contributed by atoms with Gasteiger partial charge >= 0.3 is 12.4 Å². The van der Waals surface area contributed by atoms with Crippen molar-refractivity contribution in [2.24, 2.45) is 0 Å². The maximum Gasteiger partial charge on any atom is 0.416 e. The molecule has 0 unspecified atom stereocenters. The number of carbonyl (C=O) groups excluding carboxylic acids is 1. The fourth-order valence-corrected chi connectivity index (χ4v) is 2.41. The van der Waals surface area contributed by atoms with E-state index in [1.54, 1.807) is 0 Å². The van der Waals surface area contributed by atoms with E-state index in [2.05, 4.69) is 5.32 Å². The highest BCUT2D eigenvalue weighted by Crippen LogP contribution is 2.37. The summed E-state index contributed by atoms with van der Waals surface area (Å²) in [7, 11) is 2.79. The highest BCUT2D eigenvalue weighted by Gasteiger charge is 2.37. The minimum atomic E-state index is -5.00. The van der Waals surface area contributed by atoms with Crippen LogP contribution in [0.1, 0.15) is 16.7 Å². The van der Waals surface area contributed by atoms with Crippen LogP contribution in [0.4, 0.5) is 32.0 Å². The van der Waals surface area contributed by atoms with Gasteiger partial charge in [-0.05, 0) is 35.9 Å². The lowest BCUT2D eigenvalue weighted by Crippen LogP contribution is -2.17. The normalized spacial score (nSPS) is 11.9. The van der Waals surface area contributed by atoms with Crippen molar-refractivity contribution >= 4 is 11.6 Å². The van der Waals surface area contributed by atoms with Crippen molar-refractivity contribution in [3.05, 3.63) is 53.1 Å². The van der Waals surface area contributed by atoms with Crippen LogP contribution in [-0.4, -0.2) is 20.1 Å². The van der Waals surface area contributed by atoms with Crippen LogP contribution < -0.4 is 14.8 Å². The van der Waals surface area contributed by atoms with Gasteiger partial charge in [-0.15, -0.1) is 0 Å². The second-order valence-electron chi connectivity index (χ2n) is 5.71. The number of halogens is 6. The minimum Gasteiger partial charge on any atom is -0.493 e. The summed E-state index contributed by atoms with van der Waals surface area (Å²) >= 11 is 0. The second-order valence-corrected chi connectivity index (χ2v) is 5.71. The van der Waals surface area contributed by atoms with Crippen molar-refractivity contribution < 1.29 is 40.6 Å². The van der Waals surface area contributed by atoms with Gasteiger partial charge in [0, 0.05) is 5.69 Å². The molecule has 0 radical (unpaired) electrons. The van der Waals surface area contributed by atoms with Crippen LogP contribution in [-0.2, 0) is 23.6 Å². The van der Waals surface area contributed by atoms with E-state index < -0.39 is 35.1 Å². The van der Waals surface area contributed by atoms with Gasteiger partial charge in [0.05, 0.1) is 31.8 Å². The summed E-state index contributed by atoms with van der Waals surface area (Å²) in [4.78, 5) is 12.1. The molecule has 152 valence electrons. The average molecular weight is 407 g/mol. The van der Waals surface area contributed by atoms with Crippen LogP contribution in [0.25, 0.3) is 0 Å². The Labute approximate surface area is 156 Å². The van der Waals surface area contributed by atoms with E-state index in [4.69, 9.17) is 9.47 Å². The summed E-state index contributed by atoms with van der Waals surface area (Å²) < 4.78 is 87.3. The summed E-state index contributed by atoms with van der Waals surface area (Å²) in [5.41, 5.74) is -3.20. The zero-order valence-corrected chi connectivity index (χ0v) is 14.7. The van der Waals surface area contributed by atoms with Gasteiger partial charge in [-0.1, -0.05) is 6.07 Å². The zero-order chi connectivity index (χ0) is 21.1. The summed E-state index contributed by atoms with van der Waals surface area (Å²) in [6, 6.07) is 5.40. The lowest BCUT2D eigenvalue weighted by molar-refractivity contribution is -0.143. The average Bonchev–Trinajstić information content (AvgIpc) is 2.59. The number of nitrogens with one attached hydrogen (secondary N) is 1. The number of alkyl halides is 6. The quantitative estimate of drug-likeness (QED) is 0.716. The molecule has 4 nitrogen and oxygen atoms in total. The third kappa shape index (κ3) is 5.30. The molecule has 0 fully saturated rings. The summed E-state index contributed by atoms with van der Waals surface area (Å²) in [5.74, 6) is -0.0646. The van der Waals surface area contributed by atoms with Crippen LogP contribution in [0.3, 0.4) is 0 Å². The SMILES string of the molecule is COc1ccc(CC(=O)Nc2cc(C(F)(F)F)cc(C(F)(F)F)c2)cc1OC. The molecule has 0 aliphatic rings. The molecule has 10 heteroatoms. The molecule has 28 heavy (non-hydrogen) atoms. The number of benzene rings is 2. The Morgan fingerprint density at radius 3 is 1.86 bits per heavy atom.